The van der Waals surface area contributed by atoms with Gasteiger partial charge in [-0.1, -0.05) is 17.7 Å². The van der Waals surface area contributed by atoms with Crippen molar-refractivity contribution in [3.05, 3.63) is 51.4 Å². The maximum absolute atomic E-state index is 13.4. The Hall–Kier alpha value is -1.92. The first-order valence-electron chi connectivity index (χ1n) is 5.52. The molecule has 0 saturated heterocycles. The summed E-state index contributed by atoms with van der Waals surface area (Å²) in [6, 6.07) is 7.14. The highest BCUT2D eigenvalue weighted by Crippen LogP contribution is 2.18. The van der Waals surface area contributed by atoms with Crippen molar-refractivity contribution in [1.29, 1.82) is 0 Å². The summed E-state index contributed by atoms with van der Waals surface area (Å²) >= 11 is 6.80. The fraction of sp³-hybridized carbons (Fsp3) is 0.0769. The van der Waals surface area contributed by atoms with E-state index in [4.69, 9.17) is 16.3 Å². The zero-order valence-electron chi connectivity index (χ0n) is 10.1. The monoisotopic (exact) mass is 313 g/mol. The van der Waals surface area contributed by atoms with E-state index in [-0.39, 0.29) is 10.7 Å². The van der Waals surface area contributed by atoms with Gasteiger partial charge in [0.15, 0.2) is 6.61 Å². The van der Waals surface area contributed by atoms with E-state index in [1.165, 1.54) is 23.5 Å². The van der Waals surface area contributed by atoms with Crippen molar-refractivity contribution in [2.24, 2.45) is 0 Å². The van der Waals surface area contributed by atoms with Crippen molar-refractivity contribution in [2.75, 3.05) is 11.9 Å². The average Bonchev–Trinajstić information content (AvgIpc) is 2.93. The fourth-order valence-corrected chi connectivity index (χ4v) is 2.15. The Morgan fingerprint density at radius 2 is 2.15 bits per heavy atom. The second kappa shape index (κ2) is 6.49. The third-order valence-corrected chi connectivity index (χ3v) is 3.35. The Morgan fingerprint density at radius 1 is 1.35 bits per heavy atom. The minimum Gasteiger partial charge on any atom is -0.451 e. The predicted octanol–water partition coefficient (Wildman–Crippen LogP) is 3.34. The molecular weight excluding hydrogens is 305 g/mol. The lowest BCUT2D eigenvalue weighted by atomic mass is 10.3. The first kappa shape index (κ1) is 14.5. The van der Waals surface area contributed by atoms with Crippen LogP contribution in [-0.4, -0.2) is 18.5 Å². The van der Waals surface area contributed by atoms with Gasteiger partial charge in [-0.05, 0) is 29.6 Å². The summed E-state index contributed by atoms with van der Waals surface area (Å²) in [6.07, 6.45) is 0. The fourth-order valence-electron chi connectivity index (χ4n) is 1.37. The molecule has 1 N–H and O–H groups in total. The van der Waals surface area contributed by atoms with E-state index in [0.717, 1.165) is 6.07 Å². The molecule has 0 aliphatic carbocycles. The number of benzene rings is 1. The Balaban J connectivity index is 1.88. The summed E-state index contributed by atoms with van der Waals surface area (Å²) in [7, 11) is 0. The topological polar surface area (TPSA) is 55.4 Å². The zero-order valence-corrected chi connectivity index (χ0v) is 11.6. The molecule has 0 aliphatic heterocycles. The average molecular weight is 314 g/mol. The normalized spacial score (nSPS) is 10.1. The van der Waals surface area contributed by atoms with E-state index >= 15 is 0 Å². The smallest absolute Gasteiger partial charge is 0.348 e. The van der Waals surface area contributed by atoms with Crippen LogP contribution in [-0.2, 0) is 9.53 Å². The van der Waals surface area contributed by atoms with Crippen LogP contribution in [0.1, 0.15) is 9.67 Å². The molecule has 1 heterocycles. The van der Waals surface area contributed by atoms with Gasteiger partial charge in [0.25, 0.3) is 5.91 Å². The minimum absolute atomic E-state index is 0.0217. The van der Waals surface area contributed by atoms with Crippen LogP contribution in [0, 0.1) is 5.82 Å². The molecule has 0 radical (unpaired) electrons. The Morgan fingerprint density at radius 3 is 2.80 bits per heavy atom. The van der Waals surface area contributed by atoms with Crippen LogP contribution in [0.5, 0.6) is 0 Å². The van der Waals surface area contributed by atoms with Gasteiger partial charge in [0.05, 0.1) is 5.69 Å². The molecule has 1 aromatic heterocycles. The molecule has 20 heavy (non-hydrogen) atoms. The minimum atomic E-state index is -0.657. The Kier molecular flexibility index (Phi) is 4.70. The van der Waals surface area contributed by atoms with Crippen molar-refractivity contribution in [3.8, 4) is 0 Å². The molecule has 0 fully saturated rings. The molecule has 4 nitrogen and oxygen atoms in total. The number of anilines is 1. The molecule has 0 aliphatic rings. The maximum atomic E-state index is 13.4. The summed E-state index contributed by atoms with van der Waals surface area (Å²) < 4.78 is 18.2. The number of halogens is 2. The number of carbonyl (C=O) groups is 2. The van der Waals surface area contributed by atoms with Crippen LogP contribution >= 0.6 is 22.9 Å². The lowest BCUT2D eigenvalue weighted by Crippen LogP contribution is -2.21. The number of esters is 1. The molecule has 7 heteroatoms. The third kappa shape index (κ3) is 3.79. The Labute approximate surface area is 123 Å². The number of ether oxygens (including phenoxy) is 1. The number of rotatable bonds is 4. The van der Waals surface area contributed by atoms with Gasteiger partial charge in [0, 0.05) is 5.02 Å². The van der Waals surface area contributed by atoms with E-state index < -0.39 is 24.3 Å². The van der Waals surface area contributed by atoms with Gasteiger partial charge >= 0.3 is 5.97 Å². The van der Waals surface area contributed by atoms with Gasteiger partial charge in [0.2, 0.25) is 0 Å². The maximum Gasteiger partial charge on any atom is 0.348 e. The molecule has 0 spiro atoms. The lowest BCUT2D eigenvalue weighted by Gasteiger charge is -2.07. The van der Waals surface area contributed by atoms with Crippen molar-refractivity contribution < 1.29 is 18.7 Å². The summed E-state index contributed by atoms with van der Waals surface area (Å²) in [4.78, 5) is 23.4. The number of thiophene rings is 1. The molecule has 1 aromatic carbocycles. The van der Waals surface area contributed by atoms with Gasteiger partial charge in [-0.15, -0.1) is 11.3 Å². The number of nitrogens with one attached hydrogen (secondary N) is 1. The van der Waals surface area contributed by atoms with Gasteiger partial charge in [0.1, 0.15) is 10.7 Å². The second-order valence-electron chi connectivity index (χ2n) is 3.73. The van der Waals surface area contributed by atoms with Gasteiger partial charge in [-0.25, -0.2) is 9.18 Å². The SMILES string of the molecule is O=C(COC(=O)c1cccs1)Nc1ccc(Cl)cc1F. The highest BCUT2D eigenvalue weighted by molar-refractivity contribution is 7.11. The lowest BCUT2D eigenvalue weighted by molar-refractivity contribution is -0.119. The highest BCUT2D eigenvalue weighted by atomic mass is 35.5. The predicted molar refractivity (Wildman–Crippen MR) is 74.6 cm³/mol. The number of carbonyl (C=O) groups excluding carboxylic acids is 2. The molecule has 0 unspecified atom stereocenters. The van der Waals surface area contributed by atoms with Crippen molar-refractivity contribution in [3.63, 3.8) is 0 Å². The molecule has 2 rings (SSSR count). The molecular formula is C13H9ClFNO3S. The van der Waals surface area contributed by atoms with Crippen molar-refractivity contribution >= 4 is 40.5 Å². The molecule has 0 atom stereocenters. The van der Waals surface area contributed by atoms with Gasteiger partial charge < -0.3 is 10.1 Å². The quantitative estimate of drug-likeness (QED) is 0.881. The second-order valence-corrected chi connectivity index (χ2v) is 5.11. The van der Waals surface area contributed by atoms with Gasteiger partial charge in [-0.2, -0.15) is 0 Å². The van der Waals surface area contributed by atoms with Crippen LogP contribution in [0.15, 0.2) is 35.7 Å². The van der Waals surface area contributed by atoms with Crippen LogP contribution in [0.25, 0.3) is 0 Å². The Bertz CT molecular complexity index is 631. The largest absolute Gasteiger partial charge is 0.451 e. The third-order valence-electron chi connectivity index (χ3n) is 2.26. The molecule has 0 bridgehead atoms. The van der Waals surface area contributed by atoms with E-state index in [0.29, 0.717) is 4.88 Å². The van der Waals surface area contributed by atoms with E-state index in [9.17, 15) is 14.0 Å². The first-order chi connectivity index (χ1) is 9.56. The molecule has 2 aromatic rings. The molecule has 1 amide bonds. The van der Waals surface area contributed by atoms with Crippen LogP contribution in [0.2, 0.25) is 5.02 Å². The number of hydrogen-bond donors (Lipinski definition) is 1. The number of amides is 1. The van der Waals surface area contributed by atoms with E-state index in [1.54, 1.807) is 17.5 Å². The van der Waals surface area contributed by atoms with Crippen molar-refractivity contribution in [2.45, 2.75) is 0 Å². The molecule has 104 valence electrons. The summed E-state index contributed by atoms with van der Waals surface area (Å²) in [6.45, 7) is -0.487. The van der Waals surface area contributed by atoms with Crippen LogP contribution in [0.4, 0.5) is 10.1 Å². The summed E-state index contributed by atoms with van der Waals surface area (Å²) in [5.41, 5.74) is -0.0217. The van der Waals surface area contributed by atoms with E-state index in [1.807, 2.05) is 0 Å². The number of hydrogen-bond acceptors (Lipinski definition) is 4. The van der Waals surface area contributed by atoms with Crippen LogP contribution in [0.3, 0.4) is 0 Å². The summed E-state index contributed by atoms with van der Waals surface area (Å²) in [5.74, 6) is -1.88. The van der Waals surface area contributed by atoms with Gasteiger partial charge in [-0.3, -0.25) is 4.79 Å². The standard InChI is InChI=1S/C13H9ClFNO3S/c14-8-3-4-10(9(15)6-8)16-12(17)7-19-13(18)11-2-1-5-20-11/h1-6H,7H2,(H,16,17). The first-order valence-corrected chi connectivity index (χ1v) is 6.77. The van der Waals surface area contributed by atoms with Crippen molar-refractivity contribution in [1.82, 2.24) is 0 Å². The zero-order chi connectivity index (χ0) is 14.5. The summed E-state index contributed by atoms with van der Waals surface area (Å²) in [5, 5.41) is 4.24. The molecule has 0 saturated carbocycles. The van der Waals surface area contributed by atoms with E-state index in [2.05, 4.69) is 5.32 Å². The van der Waals surface area contributed by atoms with Crippen LogP contribution < -0.4 is 5.32 Å². The highest BCUT2D eigenvalue weighted by Gasteiger charge is 2.12.